The van der Waals surface area contributed by atoms with Crippen molar-refractivity contribution in [1.82, 2.24) is 4.90 Å². The molecule has 124 valence electrons. The summed E-state index contributed by atoms with van der Waals surface area (Å²) in [5, 5.41) is 0.647. The van der Waals surface area contributed by atoms with Gasteiger partial charge in [-0.2, -0.15) is 0 Å². The van der Waals surface area contributed by atoms with Gasteiger partial charge in [-0.15, -0.1) is 0 Å². The van der Waals surface area contributed by atoms with Crippen LogP contribution >= 0.6 is 27.5 Å². The summed E-state index contributed by atoms with van der Waals surface area (Å²) in [5.41, 5.74) is 3.27. The van der Waals surface area contributed by atoms with Crippen LogP contribution in [0.3, 0.4) is 0 Å². The molecule has 0 amide bonds. The van der Waals surface area contributed by atoms with E-state index in [0.29, 0.717) is 23.6 Å². The number of nitrogens with zero attached hydrogens (tertiary/aromatic N) is 1. The molecule has 0 aliphatic carbocycles. The van der Waals surface area contributed by atoms with E-state index in [9.17, 15) is 4.79 Å². The first-order chi connectivity index (χ1) is 11.6. The van der Waals surface area contributed by atoms with Crippen molar-refractivity contribution in [3.63, 3.8) is 0 Å². The third kappa shape index (κ3) is 3.04. The van der Waals surface area contributed by atoms with Crippen LogP contribution < -0.4 is 0 Å². The molecular formula is C19H17BrClNO2. The standard InChI is InChI=1S/C19H17BrClNO2/c20-14-4-1-12-7-8-22-16(11-24-19(22)17(12)9-14)10-18(23)13-2-5-15(21)6-3-13/h1-6,9,16,19H,7-8,10-11H2/t16-,19+/m1/s1. The second-order valence-corrected chi connectivity index (χ2v) is 7.66. The molecule has 2 atom stereocenters. The number of fused-ring (bicyclic) bond motifs is 3. The highest BCUT2D eigenvalue weighted by Gasteiger charge is 2.39. The number of halogens is 2. The number of carbonyl (C=O) groups excluding carboxylic acids is 1. The zero-order valence-corrected chi connectivity index (χ0v) is 15.4. The largest absolute Gasteiger partial charge is 0.357 e. The minimum atomic E-state index is -0.0331. The van der Waals surface area contributed by atoms with Crippen LogP contribution in [0.2, 0.25) is 5.02 Å². The molecule has 0 saturated carbocycles. The lowest BCUT2D eigenvalue weighted by Crippen LogP contribution is -2.39. The Bertz CT molecular complexity index is 777. The van der Waals surface area contributed by atoms with Crippen LogP contribution in [0, 0.1) is 0 Å². The maximum Gasteiger partial charge on any atom is 0.164 e. The normalized spacial score (nSPS) is 22.9. The molecule has 2 aliphatic rings. The van der Waals surface area contributed by atoms with Crippen LogP contribution in [0.15, 0.2) is 46.9 Å². The van der Waals surface area contributed by atoms with Crippen molar-refractivity contribution < 1.29 is 9.53 Å². The molecule has 4 rings (SSSR count). The van der Waals surface area contributed by atoms with Crippen molar-refractivity contribution in [3.05, 3.63) is 68.7 Å². The molecule has 0 aromatic heterocycles. The van der Waals surface area contributed by atoms with Gasteiger partial charge in [0.25, 0.3) is 0 Å². The Morgan fingerprint density at radius 1 is 1.25 bits per heavy atom. The Labute approximate surface area is 154 Å². The molecule has 0 spiro atoms. The Balaban J connectivity index is 1.51. The molecular weight excluding hydrogens is 390 g/mol. The predicted octanol–water partition coefficient (Wildman–Crippen LogP) is 4.63. The molecule has 0 radical (unpaired) electrons. The van der Waals surface area contributed by atoms with Gasteiger partial charge in [-0.1, -0.05) is 33.6 Å². The van der Waals surface area contributed by atoms with Crippen LogP contribution in [0.4, 0.5) is 0 Å². The van der Waals surface area contributed by atoms with E-state index in [4.69, 9.17) is 16.3 Å². The number of ether oxygens (including phenoxy) is 1. The lowest BCUT2D eigenvalue weighted by molar-refractivity contribution is 0.0215. The second kappa shape index (κ2) is 6.60. The van der Waals surface area contributed by atoms with Gasteiger partial charge >= 0.3 is 0 Å². The van der Waals surface area contributed by atoms with Crippen molar-refractivity contribution >= 4 is 33.3 Å². The third-order valence-electron chi connectivity index (χ3n) is 4.82. The number of Topliss-reactive ketones (excluding diaryl/α,β-unsaturated/α-hetero) is 1. The highest BCUT2D eigenvalue weighted by molar-refractivity contribution is 9.10. The fraction of sp³-hybridized carbons (Fsp3) is 0.316. The molecule has 2 aromatic carbocycles. The first kappa shape index (κ1) is 16.3. The van der Waals surface area contributed by atoms with Crippen LogP contribution in [-0.4, -0.2) is 29.9 Å². The Kier molecular flexibility index (Phi) is 4.48. The number of benzene rings is 2. The van der Waals surface area contributed by atoms with Gasteiger partial charge in [-0.25, -0.2) is 0 Å². The number of hydrogen-bond acceptors (Lipinski definition) is 3. The van der Waals surface area contributed by atoms with Crippen LogP contribution in [0.1, 0.15) is 34.1 Å². The highest BCUT2D eigenvalue weighted by atomic mass is 79.9. The lowest BCUT2D eigenvalue weighted by atomic mass is 9.96. The average molecular weight is 407 g/mol. The van der Waals surface area contributed by atoms with E-state index >= 15 is 0 Å². The van der Waals surface area contributed by atoms with E-state index in [1.807, 2.05) is 0 Å². The first-order valence-electron chi connectivity index (χ1n) is 8.06. The zero-order valence-electron chi connectivity index (χ0n) is 13.0. The topological polar surface area (TPSA) is 29.5 Å². The van der Waals surface area contributed by atoms with Crippen LogP contribution in [-0.2, 0) is 11.2 Å². The van der Waals surface area contributed by atoms with Gasteiger partial charge in [0.05, 0.1) is 6.61 Å². The molecule has 0 unspecified atom stereocenters. The van der Waals surface area contributed by atoms with Crippen molar-refractivity contribution in [2.75, 3.05) is 13.2 Å². The molecule has 3 nitrogen and oxygen atoms in total. The van der Waals surface area contributed by atoms with Crippen molar-refractivity contribution in [2.45, 2.75) is 25.1 Å². The van der Waals surface area contributed by atoms with Gasteiger partial charge in [-0.05, 0) is 53.9 Å². The van der Waals surface area contributed by atoms with Crippen LogP contribution in [0.25, 0.3) is 0 Å². The van der Waals surface area contributed by atoms with Crippen LogP contribution in [0.5, 0.6) is 0 Å². The van der Waals surface area contributed by atoms with Crippen molar-refractivity contribution in [1.29, 1.82) is 0 Å². The average Bonchev–Trinajstić information content (AvgIpc) is 2.99. The summed E-state index contributed by atoms with van der Waals surface area (Å²) < 4.78 is 7.10. The Hall–Kier alpha value is -1.20. The second-order valence-electron chi connectivity index (χ2n) is 6.30. The molecule has 5 heteroatoms. The molecule has 24 heavy (non-hydrogen) atoms. The summed E-state index contributed by atoms with van der Waals surface area (Å²) in [7, 11) is 0. The summed E-state index contributed by atoms with van der Waals surface area (Å²) in [5.74, 6) is 0.140. The summed E-state index contributed by atoms with van der Waals surface area (Å²) in [4.78, 5) is 14.9. The van der Waals surface area contributed by atoms with Gasteiger partial charge in [0.2, 0.25) is 0 Å². The van der Waals surface area contributed by atoms with E-state index in [0.717, 1.165) is 17.4 Å². The van der Waals surface area contributed by atoms with E-state index in [2.05, 4.69) is 39.0 Å². The summed E-state index contributed by atoms with van der Waals surface area (Å²) in [6.45, 7) is 1.52. The molecule has 2 aliphatic heterocycles. The van der Waals surface area contributed by atoms with E-state index in [1.165, 1.54) is 11.1 Å². The van der Waals surface area contributed by atoms with E-state index in [1.54, 1.807) is 24.3 Å². The first-order valence-corrected chi connectivity index (χ1v) is 9.23. The SMILES string of the molecule is O=C(C[C@@H]1CO[C@H]2c3cc(Br)ccc3CCN12)c1ccc(Cl)cc1. The summed E-state index contributed by atoms with van der Waals surface area (Å²) in [6, 6.07) is 13.6. The summed E-state index contributed by atoms with van der Waals surface area (Å²) >= 11 is 9.44. The van der Waals surface area contributed by atoms with Gasteiger partial charge in [-0.3, -0.25) is 9.69 Å². The number of hydrogen-bond donors (Lipinski definition) is 0. The Morgan fingerprint density at radius 2 is 2.04 bits per heavy atom. The van der Waals surface area contributed by atoms with Gasteiger partial charge in [0, 0.05) is 34.1 Å². The van der Waals surface area contributed by atoms with Crippen molar-refractivity contribution in [2.24, 2.45) is 0 Å². The molecule has 0 N–H and O–H groups in total. The highest BCUT2D eigenvalue weighted by Crippen LogP contribution is 2.38. The van der Waals surface area contributed by atoms with Gasteiger partial charge in [0.15, 0.2) is 5.78 Å². The lowest BCUT2D eigenvalue weighted by Gasteiger charge is -2.33. The third-order valence-corrected chi connectivity index (χ3v) is 5.56. The predicted molar refractivity (Wildman–Crippen MR) is 97.4 cm³/mol. The monoisotopic (exact) mass is 405 g/mol. The minimum Gasteiger partial charge on any atom is -0.357 e. The molecule has 1 fully saturated rings. The smallest absolute Gasteiger partial charge is 0.164 e. The Morgan fingerprint density at radius 3 is 2.83 bits per heavy atom. The van der Waals surface area contributed by atoms with Gasteiger partial charge < -0.3 is 4.74 Å². The maximum absolute atomic E-state index is 12.6. The van der Waals surface area contributed by atoms with E-state index in [-0.39, 0.29) is 18.1 Å². The van der Waals surface area contributed by atoms with Gasteiger partial charge in [0.1, 0.15) is 6.23 Å². The number of carbonyl (C=O) groups is 1. The fourth-order valence-electron chi connectivity index (χ4n) is 3.57. The zero-order chi connectivity index (χ0) is 16.7. The molecule has 2 heterocycles. The number of ketones is 1. The molecule has 2 aromatic rings. The maximum atomic E-state index is 12.6. The fourth-order valence-corrected chi connectivity index (χ4v) is 4.07. The quantitative estimate of drug-likeness (QED) is 0.696. The minimum absolute atomic E-state index is 0.0331. The molecule has 1 saturated heterocycles. The number of rotatable bonds is 3. The van der Waals surface area contributed by atoms with Crippen molar-refractivity contribution in [3.8, 4) is 0 Å². The molecule has 0 bridgehead atoms. The summed E-state index contributed by atoms with van der Waals surface area (Å²) in [6.07, 6.45) is 1.43. The van der Waals surface area contributed by atoms with E-state index < -0.39 is 0 Å².